The zero-order valence-electron chi connectivity index (χ0n) is 13.8. The first-order valence-electron chi connectivity index (χ1n) is 7.98. The predicted octanol–water partition coefficient (Wildman–Crippen LogP) is 5.16. The van der Waals surface area contributed by atoms with Crippen molar-refractivity contribution in [1.82, 2.24) is 0 Å². The summed E-state index contributed by atoms with van der Waals surface area (Å²) in [6.45, 7) is 4.13. The third kappa shape index (κ3) is 4.02. The third-order valence-corrected chi connectivity index (χ3v) is 6.13. The number of amides is 1. The normalized spacial score (nSPS) is 13.2. The average molecular weight is 357 g/mol. The van der Waals surface area contributed by atoms with Gasteiger partial charge in [-0.05, 0) is 36.1 Å². The standard InChI is InChI=1S/C19H20N2OS2/c1-3-14-9-6-7-13(2)18(14)21-17(22)12-24-19-20-16-10-5-4-8-15(16)11-23-19/h4-10H,3,11-12H2,1-2H3,(H,21,22). The van der Waals surface area contributed by atoms with Gasteiger partial charge in [0.15, 0.2) is 0 Å². The molecule has 1 heterocycles. The van der Waals surface area contributed by atoms with Crippen molar-refractivity contribution in [1.29, 1.82) is 0 Å². The molecule has 1 aliphatic rings. The minimum Gasteiger partial charge on any atom is -0.325 e. The van der Waals surface area contributed by atoms with Gasteiger partial charge in [-0.3, -0.25) is 4.79 Å². The Kier molecular flexibility index (Phi) is 5.63. The lowest BCUT2D eigenvalue weighted by Crippen LogP contribution is -2.17. The first-order chi connectivity index (χ1) is 11.7. The number of anilines is 1. The maximum atomic E-state index is 12.3. The number of rotatable bonds is 4. The zero-order valence-corrected chi connectivity index (χ0v) is 15.5. The van der Waals surface area contributed by atoms with Crippen LogP contribution in [0.4, 0.5) is 11.4 Å². The molecule has 24 heavy (non-hydrogen) atoms. The van der Waals surface area contributed by atoms with Gasteiger partial charge in [0.1, 0.15) is 4.38 Å². The van der Waals surface area contributed by atoms with Gasteiger partial charge in [-0.1, -0.05) is 66.8 Å². The number of hydrogen-bond acceptors (Lipinski definition) is 4. The summed E-state index contributed by atoms with van der Waals surface area (Å²) in [7, 11) is 0. The SMILES string of the molecule is CCc1cccc(C)c1NC(=O)CSC1=Nc2ccccc2CS1. The predicted molar refractivity (Wildman–Crippen MR) is 106 cm³/mol. The van der Waals surface area contributed by atoms with Crippen molar-refractivity contribution in [2.75, 3.05) is 11.1 Å². The van der Waals surface area contributed by atoms with Gasteiger partial charge in [-0.15, -0.1) is 0 Å². The minimum atomic E-state index is 0.0196. The topological polar surface area (TPSA) is 41.5 Å². The summed E-state index contributed by atoms with van der Waals surface area (Å²) in [6, 6.07) is 14.3. The third-order valence-electron chi connectivity index (χ3n) is 3.89. The molecule has 3 rings (SSSR count). The highest BCUT2D eigenvalue weighted by Gasteiger charge is 2.15. The van der Waals surface area contributed by atoms with Crippen molar-refractivity contribution in [3.05, 3.63) is 59.2 Å². The van der Waals surface area contributed by atoms with Crippen LogP contribution in [-0.4, -0.2) is 16.0 Å². The van der Waals surface area contributed by atoms with E-state index in [4.69, 9.17) is 0 Å². The van der Waals surface area contributed by atoms with Crippen molar-refractivity contribution in [3.8, 4) is 0 Å². The molecule has 0 unspecified atom stereocenters. The highest BCUT2D eigenvalue weighted by Crippen LogP contribution is 2.34. The van der Waals surface area contributed by atoms with Gasteiger partial charge >= 0.3 is 0 Å². The van der Waals surface area contributed by atoms with Crippen molar-refractivity contribution in [2.24, 2.45) is 4.99 Å². The lowest BCUT2D eigenvalue weighted by Gasteiger charge is -2.15. The second-order valence-electron chi connectivity index (χ2n) is 5.59. The number of nitrogens with zero attached hydrogens (tertiary/aromatic N) is 1. The summed E-state index contributed by atoms with van der Waals surface area (Å²) in [5, 5.41) is 3.06. The Morgan fingerprint density at radius 1 is 1.25 bits per heavy atom. The molecule has 3 nitrogen and oxygen atoms in total. The molecule has 0 atom stereocenters. The Balaban J connectivity index is 1.62. The van der Waals surface area contributed by atoms with Gasteiger partial charge in [0.25, 0.3) is 0 Å². The minimum absolute atomic E-state index is 0.0196. The van der Waals surface area contributed by atoms with Crippen LogP contribution < -0.4 is 5.32 Å². The first-order valence-corrected chi connectivity index (χ1v) is 9.95. The smallest absolute Gasteiger partial charge is 0.234 e. The van der Waals surface area contributed by atoms with Gasteiger partial charge in [-0.25, -0.2) is 4.99 Å². The molecule has 0 saturated carbocycles. The number of para-hydroxylation sites is 2. The first kappa shape index (κ1) is 17.1. The van der Waals surface area contributed by atoms with E-state index < -0.39 is 0 Å². The lowest BCUT2D eigenvalue weighted by molar-refractivity contribution is -0.113. The number of hydrogen-bond donors (Lipinski definition) is 1. The van der Waals surface area contributed by atoms with Gasteiger partial charge < -0.3 is 5.32 Å². The van der Waals surface area contributed by atoms with Crippen LogP contribution in [0.1, 0.15) is 23.6 Å². The van der Waals surface area contributed by atoms with E-state index in [9.17, 15) is 4.79 Å². The van der Waals surface area contributed by atoms with Gasteiger partial charge in [0.05, 0.1) is 11.4 Å². The molecule has 0 aromatic heterocycles. The monoisotopic (exact) mass is 356 g/mol. The van der Waals surface area contributed by atoms with Crippen molar-refractivity contribution < 1.29 is 4.79 Å². The molecule has 1 aliphatic heterocycles. The van der Waals surface area contributed by atoms with Crippen molar-refractivity contribution in [3.63, 3.8) is 0 Å². The largest absolute Gasteiger partial charge is 0.325 e. The van der Waals surface area contributed by atoms with Crippen LogP contribution in [0, 0.1) is 6.92 Å². The number of thioether (sulfide) groups is 2. The summed E-state index contributed by atoms with van der Waals surface area (Å²) in [4.78, 5) is 17.0. The van der Waals surface area contributed by atoms with Gasteiger partial charge in [0.2, 0.25) is 5.91 Å². The summed E-state index contributed by atoms with van der Waals surface area (Å²) >= 11 is 3.21. The number of carbonyl (C=O) groups excluding carboxylic acids is 1. The number of fused-ring (bicyclic) bond motifs is 1. The summed E-state index contributed by atoms with van der Waals surface area (Å²) in [5.41, 5.74) is 5.50. The number of aliphatic imine (C=N–C) groups is 1. The quantitative estimate of drug-likeness (QED) is 0.822. The fourth-order valence-electron chi connectivity index (χ4n) is 2.59. The van der Waals surface area contributed by atoms with Crippen LogP contribution in [0.5, 0.6) is 0 Å². The van der Waals surface area contributed by atoms with Crippen LogP contribution >= 0.6 is 23.5 Å². The Morgan fingerprint density at radius 3 is 2.92 bits per heavy atom. The van der Waals surface area contributed by atoms with Gasteiger partial charge in [-0.2, -0.15) is 0 Å². The van der Waals surface area contributed by atoms with Crippen LogP contribution in [0.3, 0.4) is 0 Å². The van der Waals surface area contributed by atoms with E-state index in [2.05, 4.69) is 29.4 Å². The molecular formula is C19H20N2OS2. The summed E-state index contributed by atoms with van der Waals surface area (Å²) in [5.74, 6) is 1.32. The van der Waals surface area contributed by atoms with E-state index in [1.54, 1.807) is 11.8 Å². The highest BCUT2D eigenvalue weighted by atomic mass is 32.2. The highest BCUT2D eigenvalue weighted by molar-refractivity contribution is 8.38. The van der Waals surface area contributed by atoms with Crippen LogP contribution in [0.2, 0.25) is 0 Å². The van der Waals surface area contributed by atoms with Gasteiger partial charge in [0, 0.05) is 11.4 Å². The van der Waals surface area contributed by atoms with E-state index in [1.807, 2.05) is 37.3 Å². The second kappa shape index (κ2) is 7.90. The fraction of sp³-hybridized carbons (Fsp3) is 0.263. The van der Waals surface area contributed by atoms with E-state index in [0.29, 0.717) is 5.75 Å². The van der Waals surface area contributed by atoms with Crippen LogP contribution in [0.25, 0.3) is 0 Å². The lowest BCUT2D eigenvalue weighted by atomic mass is 10.1. The molecule has 0 bridgehead atoms. The molecule has 0 radical (unpaired) electrons. The van der Waals surface area contributed by atoms with E-state index in [0.717, 1.165) is 33.5 Å². The Hall–Kier alpha value is -1.72. The van der Waals surface area contributed by atoms with E-state index >= 15 is 0 Å². The molecule has 0 spiro atoms. The molecular weight excluding hydrogens is 336 g/mol. The van der Waals surface area contributed by atoms with Crippen LogP contribution in [-0.2, 0) is 17.0 Å². The molecule has 2 aromatic carbocycles. The molecule has 2 aromatic rings. The number of benzene rings is 2. The number of aryl methyl sites for hydroxylation is 2. The molecule has 0 aliphatic carbocycles. The van der Waals surface area contributed by atoms with E-state index in [-0.39, 0.29) is 5.91 Å². The summed E-state index contributed by atoms with van der Waals surface area (Å²) < 4.78 is 0.962. The maximum Gasteiger partial charge on any atom is 0.234 e. The average Bonchev–Trinajstić information content (AvgIpc) is 2.61. The Morgan fingerprint density at radius 2 is 2.08 bits per heavy atom. The second-order valence-corrected chi connectivity index (χ2v) is 7.78. The summed E-state index contributed by atoms with van der Waals surface area (Å²) in [6.07, 6.45) is 0.907. The molecule has 5 heteroatoms. The Labute approximate surface area is 151 Å². The van der Waals surface area contributed by atoms with Crippen LogP contribution in [0.15, 0.2) is 47.5 Å². The van der Waals surface area contributed by atoms with Crippen molar-refractivity contribution in [2.45, 2.75) is 26.0 Å². The number of nitrogens with one attached hydrogen (secondary N) is 1. The maximum absolute atomic E-state index is 12.3. The number of carbonyl (C=O) groups is 1. The van der Waals surface area contributed by atoms with E-state index in [1.165, 1.54) is 22.9 Å². The molecule has 1 N–H and O–H groups in total. The Bertz CT molecular complexity index is 787. The molecule has 0 saturated heterocycles. The molecule has 0 fully saturated rings. The zero-order chi connectivity index (χ0) is 16.9. The molecule has 124 valence electrons. The molecule has 1 amide bonds. The fourth-order valence-corrected chi connectivity index (χ4v) is 4.45. The van der Waals surface area contributed by atoms with Crippen molar-refractivity contribution >= 4 is 45.2 Å².